The van der Waals surface area contributed by atoms with E-state index in [0.717, 1.165) is 6.42 Å². The van der Waals surface area contributed by atoms with Gasteiger partial charge in [-0.3, -0.25) is 14.4 Å². The van der Waals surface area contributed by atoms with Gasteiger partial charge in [-0.2, -0.15) is 0 Å². The Bertz CT molecular complexity index is 612. The Kier molecular flexibility index (Phi) is 3.89. The van der Waals surface area contributed by atoms with Gasteiger partial charge in [0.25, 0.3) is 5.91 Å². The maximum atomic E-state index is 12.3. The Morgan fingerprint density at radius 3 is 2.57 bits per heavy atom. The van der Waals surface area contributed by atoms with Crippen molar-refractivity contribution >= 4 is 17.7 Å². The Balaban J connectivity index is 2.25. The second-order valence-corrected chi connectivity index (χ2v) is 6.04. The summed E-state index contributed by atoms with van der Waals surface area (Å²) in [5, 5.41) is 11.5. The lowest BCUT2D eigenvalue weighted by Gasteiger charge is -2.23. The number of carboxylic acids is 1. The smallest absolute Gasteiger partial charge is 0.305 e. The van der Waals surface area contributed by atoms with Gasteiger partial charge in [0, 0.05) is 23.9 Å². The summed E-state index contributed by atoms with van der Waals surface area (Å²) >= 11 is 0. The number of carboxylic acid groups (broad SMARTS) is 1. The summed E-state index contributed by atoms with van der Waals surface area (Å²) in [4.78, 5) is 35.0. The third kappa shape index (κ3) is 3.15. The van der Waals surface area contributed by atoms with Crippen LogP contribution in [0.1, 0.15) is 65.3 Å². The summed E-state index contributed by atoms with van der Waals surface area (Å²) in [5.41, 5.74) is 0.160. The minimum absolute atomic E-state index is 0.00125. The molecule has 0 aromatic carbocycles. The van der Waals surface area contributed by atoms with Crippen molar-refractivity contribution in [1.82, 2.24) is 5.32 Å². The third-order valence-corrected chi connectivity index (χ3v) is 3.56. The number of aliphatic carboxylic acids is 1. The number of carbonyl (C=O) groups is 3. The van der Waals surface area contributed by atoms with Crippen LogP contribution in [0.2, 0.25) is 0 Å². The Morgan fingerprint density at radius 1 is 1.33 bits per heavy atom. The molecule has 114 valence electrons. The lowest BCUT2D eigenvalue weighted by molar-refractivity contribution is -0.138. The number of nitrogens with one attached hydrogen (secondary N) is 1. The maximum Gasteiger partial charge on any atom is 0.305 e. The number of ketones is 1. The van der Waals surface area contributed by atoms with E-state index >= 15 is 0 Å². The predicted octanol–water partition coefficient (Wildman–Crippen LogP) is 2.09. The van der Waals surface area contributed by atoms with E-state index in [9.17, 15) is 14.4 Å². The minimum Gasteiger partial charge on any atom is -0.481 e. The molecule has 21 heavy (non-hydrogen) atoms. The first-order valence-electron chi connectivity index (χ1n) is 6.91. The number of furan rings is 1. The highest BCUT2D eigenvalue weighted by atomic mass is 16.4. The van der Waals surface area contributed by atoms with E-state index in [1.165, 1.54) is 0 Å². The van der Waals surface area contributed by atoms with Crippen molar-refractivity contribution in [3.63, 3.8) is 0 Å². The number of aryl methyl sites for hydroxylation is 1. The van der Waals surface area contributed by atoms with E-state index in [0.29, 0.717) is 29.7 Å². The van der Waals surface area contributed by atoms with Gasteiger partial charge < -0.3 is 14.8 Å². The molecular formula is C15H19NO5. The van der Waals surface area contributed by atoms with Crippen LogP contribution in [0.3, 0.4) is 0 Å². The first-order chi connectivity index (χ1) is 9.71. The van der Waals surface area contributed by atoms with Crippen LogP contribution in [0.15, 0.2) is 4.42 Å². The molecule has 0 aliphatic heterocycles. The van der Waals surface area contributed by atoms with Gasteiger partial charge in [0.05, 0.1) is 12.0 Å². The van der Waals surface area contributed by atoms with Crippen LogP contribution in [-0.4, -0.2) is 28.3 Å². The van der Waals surface area contributed by atoms with Crippen LogP contribution in [0.25, 0.3) is 0 Å². The van der Waals surface area contributed by atoms with E-state index in [1.54, 1.807) is 20.8 Å². The van der Waals surface area contributed by atoms with Gasteiger partial charge >= 0.3 is 5.97 Å². The molecule has 0 atom stereocenters. The van der Waals surface area contributed by atoms with Gasteiger partial charge in [-0.1, -0.05) is 0 Å². The molecule has 0 radical (unpaired) electrons. The van der Waals surface area contributed by atoms with Gasteiger partial charge in [0.2, 0.25) is 0 Å². The van der Waals surface area contributed by atoms with E-state index < -0.39 is 17.4 Å². The number of carbonyl (C=O) groups excluding carboxylic acids is 2. The van der Waals surface area contributed by atoms with Crippen LogP contribution in [-0.2, 0) is 11.2 Å². The molecule has 1 aliphatic rings. The maximum absolute atomic E-state index is 12.3. The molecule has 1 aromatic rings. The lowest BCUT2D eigenvalue weighted by Crippen LogP contribution is -2.45. The molecule has 0 bridgehead atoms. The first-order valence-corrected chi connectivity index (χ1v) is 6.91. The zero-order valence-electron chi connectivity index (χ0n) is 12.4. The second-order valence-electron chi connectivity index (χ2n) is 6.04. The number of rotatable bonds is 4. The number of amides is 1. The third-order valence-electron chi connectivity index (χ3n) is 3.56. The normalized spacial score (nSPS) is 14.7. The molecule has 0 saturated carbocycles. The fourth-order valence-electron chi connectivity index (χ4n) is 2.65. The van der Waals surface area contributed by atoms with Crippen molar-refractivity contribution in [2.24, 2.45) is 0 Å². The quantitative estimate of drug-likeness (QED) is 0.886. The van der Waals surface area contributed by atoms with Gasteiger partial charge in [-0.05, 0) is 27.2 Å². The summed E-state index contributed by atoms with van der Waals surface area (Å²) in [6.07, 6.45) is 1.65. The van der Waals surface area contributed by atoms with Crippen LogP contribution < -0.4 is 5.32 Å². The molecule has 0 unspecified atom stereocenters. The molecule has 0 saturated heterocycles. The highest BCUT2D eigenvalue weighted by Crippen LogP contribution is 2.29. The Labute approximate surface area is 122 Å². The van der Waals surface area contributed by atoms with Gasteiger partial charge in [0.15, 0.2) is 11.5 Å². The Hall–Kier alpha value is -2.11. The topological polar surface area (TPSA) is 96.6 Å². The molecule has 1 aliphatic carbocycles. The minimum atomic E-state index is -0.995. The predicted molar refractivity (Wildman–Crippen MR) is 74.5 cm³/mol. The van der Waals surface area contributed by atoms with Gasteiger partial charge in [-0.15, -0.1) is 0 Å². The second kappa shape index (κ2) is 5.35. The van der Waals surface area contributed by atoms with E-state index in [1.807, 2.05) is 0 Å². The zero-order chi connectivity index (χ0) is 15.8. The molecule has 6 heteroatoms. The van der Waals surface area contributed by atoms with Crippen LogP contribution in [0.4, 0.5) is 0 Å². The molecule has 2 N–H and O–H groups in total. The Morgan fingerprint density at radius 2 is 2.00 bits per heavy atom. The molecule has 2 rings (SSSR count). The average Bonchev–Trinajstić information content (AvgIpc) is 2.65. The highest BCUT2D eigenvalue weighted by molar-refractivity contribution is 6.03. The van der Waals surface area contributed by atoms with E-state index in [2.05, 4.69) is 5.32 Å². The van der Waals surface area contributed by atoms with Crippen LogP contribution >= 0.6 is 0 Å². The SMILES string of the molecule is Cc1c(C(=O)NC(C)(C)CC(=O)O)oc2c1C(=O)CCC2. The van der Waals surface area contributed by atoms with Crippen LogP contribution in [0, 0.1) is 6.92 Å². The van der Waals surface area contributed by atoms with Crippen molar-refractivity contribution in [2.75, 3.05) is 0 Å². The fourth-order valence-corrected chi connectivity index (χ4v) is 2.65. The average molecular weight is 293 g/mol. The standard InChI is InChI=1S/C15H19NO5/c1-8-12-9(17)5-4-6-10(12)21-13(8)14(20)16-15(2,3)7-11(18)19/h4-7H2,1-3H3,(H,16,20)(H,18,19). The monoisotopic (exact) mass is 293 g/mol. The van der Waals surface area contributed by atoms with Gasteiger partial charge in [0.1, 0.15) is 5.76 Å². The molecule has 1 heterocycles. The van der Waals surface area contributed by atoms with Crippen molar-refractivity contribution in [1.29, 1.82) is 0 Å². The summed E-state index contributed by atoms with van der Waals surface area (Å²) < 4.78 is 5.54. The molecular weight excluding hydrogens is 274 g/mol. The zero-order valence-corrected chi connectivity index (χ0v) is 12.4. The first kappa shape index (κ1) is 15.3. The van der Waals surface area contributed by atoms with E-state index in [4.69, 9.17) is 9.52 Å². The van der Waals surface area contributed by atoms with E-state index in [-0.39, 0.29) is 18.0 Å². The molecule has 0 fully saturated rings. The summed E-state index contributed by atoms with van der Waals surface area (Å²) in [5.74, 6) is -0.813. The summed E-state index contributed by atoms with van der Waals surface area (Å²) in [6, 6.07) is 0. The fraction of sp³-hybridized carbons (Fsp3) is 0.533. The molecule has 1 amide bonds. The number of Topliss-reactive ketones (excluding diaryl/α,β-unsaturated/α-hetero) is 1. The number of fused-ring (bicyclic) bond motifs is 1. The van der Waals surface area contributed by atoms with Crippen molar-refractivity contribution < 1.29 is 23.9 Å². The van der Waals surface area contributed by atoms with Crippen molar-refractivity contribution in [3.8, 4) is 0 Å². The highest BCUT2D eigenvalue weighted by Gasteiger charge is 2.31. The van der Waals surface area contributed by atoms with Crippen LogP contribution in [0.5, 0.6) is 0 Å². The molecule has 6 nitrogen and oxygen atoms in total. The van der Waals surface area contributed by atoms with Gasteiger partial charge in [-0.25, -0.2) is 0 Å². The number of hydrogen-bond acceptors (Lipinski definition) is 4. The molecule has 1 aromatic heterocycles. The molecule has 0 spiro atoms. The lowest BCUT2D eigenvalue weighted by atomic mass is 9.94. The summed E-state index contributed by atoms with van der Waals surface area (Å²) in [6.45, 7) is 4.94. The number of hydrogen-bond donors (Lipinski definition) is 2. The summed E-state index contributed by atoms with van der Waals surface area (Å²) in [7, 11) is 0. The van der Waals surface area contributed by atoms with Crippen molar-refractivity contribution in [3.05, 3.63) is 22.6 Å². The van der Waals surface area contributed by atoms with Crippen molar-refractivity contribution in [2.45, 2.75) is 52.0 Å². The largest absolute Gasteiger partial charge is 0.481 e.